The molecule has 0 bridgehead atoms. The summed E-state index contributed by atoms with van der Waals surface area (Å²) in [7, 11) is 0. The van der Waals surface area contributed by atoms with Crippen LogP contribution >= 0.6 is 0 Å². The van der Waals surface area contributed by atoms with Gasteiger partial charge in [0.15, 0.2) is 0 Å². The van der Waals surface area contributed by atoms with E-state index in [1.165, 1.54) is 0 Å². The van der Waals surface area contributed by atoms with Crippen molar-refractivity contribution in [1.82, 2.24) is 15.3 Å². The minimum absolute atomic E-state index is 0.0112. The number of aromatic amines is 1. The van der Waals surface area contributed by atoms with Gasteiger partial charge in [0, 0.05) is 41.7 Å². The van der Waals surface area contributed by atoms with E-state index < -0.39 is 0 Å². The van der Waals surface area contributed by atoms with Gasteiger partial charge in [0.25, 0.3) is 5.91 Å². The average Bonchev–Trinajstić information content (AvgIpc) is 3.23. The molecule has 0 aliphatic carbocycles. The van der Waals surface area contributed by atoms with E-state index in [-0.39, 0.29) is 5.91 Å². The molecule has 0 saturated heterocycles. The van der Waals surface area contributed by atoms with Gasteiger partial charge in [-0.05, 0) is 36.4 Å². The van der Waals surface area contributed by atoms with Crippen LogP contribution in [0, 0.1) is 0 Å². The fourth-order valence-electron chi connectivity index (χ4n) is 2.71. The van der Waals surface area contributed by atoms with Crippen LogP contribution in [-0.4, -0.2) is 22.4 Å². The van der Waals surface area contributed by atoms with Crippen LogP contribution in [0.3, 0.4) is 0 Å². The maximum Gasteiger partial charge on any atom is 0.253 e. The topological polar surface area (TPSA) is 70.9 Å². The second kappa shape index (κ2) is 5.61. The first-order valence-electron chi connectivity index (χ1n) is 7.46. The fourth-order valence-corrected chi connectivity index (χ4v) is 2.71. The van der Waals surface area contributed by atoms with Gasteiger partial charge in [0.05, 0.1) is 23.8 Å². The zero-order valence-electron chi connectivity index (χ0n) is 12.4. The van der Waals surface area contributed by atoms with E-state index >= 15 is 0 Å². The van der Waals surface area contributed by atoms with Gasteiger partial charge in [0.1, 0.15) is 0 Å². The highest BCUT2D eigenvalue weighted by Crippen LogP contribution is 2.24. The highest BCUT2D eigenvalue weighted by atomic mass is 16.3. The van der Waals surface area contributed by atoms with Crippen molar-refractivity contribution < 1.29 is 9.21 Å². The lowest BCUT2D eigenvalue weighted by Gasteiger charge is -2.10. The lowest BCUT2D eigenvalue weighted by molar-refractivity contribution is 0.0946. The maximum atomic E-state index is 11.9. The molecule has 4 heterocycles. The Balaban J connectivity index is 1.65. The first-order chi connectivity index (χ1) is 11.3. The van der Waals surface area contributed by atoms with Crippen LogP contribution in [-0.2, 0) is 6.42 Å². The number of hydrogen-bond acceptors (Lipinski definition) is 3. The van der Waals surface area contributed by atoms with E-state index in [1.807, 2.05) is 36.4 Å². The fraction of sp³-hybridized carbons (Fsp3) is 0.111. The summed E-state index contributed by atoms with van der Waals surface area (Å²) in [5.74, 6) is -0.0112. The summed E-state index contributed by atoms with van der Waals surface area (Å²) in [6.45, 7) is 0.681. The smallest absolute Gasteiger partial charge is 0.253 e. The molecule has 0 fully saturated rings. The number of carbonyl (C=O) groups excluding carboxylic acids is 1. The van der Waals surface area contributed by atoms with Crippen molar-refractivity contribution in [2.24, 2.45) is 0 Å². The number of aromatic nitrogens is 2. The molecule has 0 saturated carbocycles. The summed E-state index contributed by atoms with van der Waals surface area (Å²) >= 11 is 0. The molecular weight excluding hydrogens is 290 g/mol. The lowest BCUT2D eigenvalue weighted by atomic mass is 10.1. The Morgan fingerprint density at radius 2 is 2.17 bits per heavy atom. The standard InChI is InChI=1S/C18H15N3O2/c22-18-15-10-17(21-16(15)4-7-20-18)13-3-6-19-14(9-13)2-1-12-5-8-23-11-12/h1-3,5-6,8-11,21H,4,7H2,(H,20,22)/b2-1-. The molecular formula is C18H15N3O2. The average molecular weight is 305 g/mol. The van der Waals surface area contributed by atoms with Crippen molar-refractivity contribution >= 4 is 18.1 Å². The maximum absolute atomic E-state index is 11.9. The number of carbonyl (C=O) groups is 1. The normalized spacial score (nSPS) is 14.0. The number of hydrogen-bond donors (Lipinski definition) is 2. The van der Waals surface area contributed by atoms with Crippen LogP contribution in [0.1, 0.15) is 27.3 Å². The van der Waals surface area contributed by atoms with Gasteiger partial charge in [-0.15, -0.1) is 0 Å². The van der Waals surface area contributed by atoms with E-state index in [0.717, 1.165) is 40.2 Å². The molecule has 0 spiro atoms. The Morgan fingerprint density at radius 3 is 3.00 bits per heavy atom. The third kappa shape index (κ3) is 2.68. The molecule has 0 unspecified atom stereocenters. The SMILES string of the molecule is O=C1NCCc2[nH]c(-c3ccnc(/C=C\c4ccoc4)c3)cc21. The number of nitrogens with one attached hydrogen (secondary N) is 2. The molecule has 5 nitrogen and oxygen atoms in total. The number of amides is 1. The van der Waals surface area contributed by atoms with E-state index in [9.17, 15) is 4.79 Å². The first-order valence-corrected chi connectivity index (χ1v) is 7.46. The van der Waals surface area contributed by atoms with Crippen molar-refractivity contribution in [3.8, 4) is 11.3 Å². The summed E-state index contributed by atoms with van der Waals surface area (Å²) < 4.78 is 5.04. The Bertz CT molecular complexity index is 876. The van der Waals surface area contributed by atoms with E-state index in [2.05, 4.69) is 15.3 Å². The second-order valence-corrected chi connectivity index (χ2v) is 5.44. The van der Waals surface area contributed by atoms with Crippen LogP contribution in [0.25, 0.3) is 23.4 Å². The zero-order chi connectivity index (χ0) is 15.6. The predicted octanol–water partition coefficient (Wildman–Crippen LogP) is 3.13. The minimum Gasteiger partial charge on any atom is -0.472 e. The summed E-state index contributed by atoms with van der Waals surface area (Å²) in [5, 5.41) is 2.86. The van der Waals surface area contributed by atoms with E-state index in [4.69, 9.17) is 4.42 Å². The van der Waals surface area contributed by atoms with Crippen LogP contribution in [0.2, 0.25) is 0 Å². The van der Waals surface area contributed by atoms with Crippen LogP contribution in [0.15, 0.2) is 47.4 Å². The number of fused-ring (bicyclic) bond motifs is 1. The Labute approximate surface area is 133 Å². The third-order valence-electron chi connectivity index (χ3n) is 3.89. The van der Waals surface area contributed by atoms with Crippen molar-refractivity contribution in [2.45, 2.75) is 6.42 Å². The van der Waals surface area contributed by atoms with Crippen LogP contribution < -0.4 is 5.32 Å². The van der Waals surface area contributed by atoms with Gasteiger partial charge in [-0.1, -0.05) is 0 Å². The quantitative estimate of drug-likeness (QED) is 0.781. The van der Waals surface area contributed by atoms with Crippen molar-refractivity contribution in [1.29, 1.82) is 0 Å². The molecule has 3 aromatic heterocycles. The number of furan rings is 1. The van der Waals surface area contributed by atoms with Gasteiger partial charge in [-0.2, -0.15) is 0 Å². The van der Waals surface area contributed by atoms with Crippen LogP contribution in [0.4, 0.5) is 0 Å². The molecule has 0 radical (unpaired) electrons. The third-order valence-corrected chi connectivity index (χ3v) is 3.89. The highest BCUT2D eigenvalue weighted by molar-refractivity contribution is 5.97. The zero-order valence-corrected chi connectivity index (χ0v) is 12.4. The van der Waals surface area contributed by atoms with Gasteiger partial charge < -0.3 is 14.7 Å². The molecule has 0 aromatic carbocycles. The van der Waals surface area contributed by atoms with Gasteiger partial charge >= 0.3 is 0 Å². The molecule has 23 heavy (non-hydrogen) atoms. The molecule has 1 amide bonds. The number of pyridine rings is 1. The molecule has 5 heteroatoms. The Morgan fingerprint density at radius 1 is 1.22 bits per heavy atom. The summed E-state index contributed by atoms with van der Waals surface area (Å²) in [6, 6.07) is 7.72. The predicted molar refractivity (Wildman–Crippen MR) is 87.7 cm³/mol. The number of nitrogens with zero attached hydrogens (tertiary/aromatic N) is 1. The molecule has 1 aliphatic heterocycles. The molecule has 2 N–H and O–H groups in total. The Hall–Kier alpha value is -3.08. The summed E-state index contributed by atoms with van der Waals surface area (Å²) in [4.78, 5) is 19.6. The molecule has 114 valence electrons. The van der Waals surface area contributed by atoms with Gasteiger partial charge in [-0.3, -0.25) is 9.78 Å². The number of H-pyrrole nitrogens is 1. The molecule has 1 aliphatic rings. The summed E-state index contributed by atoms with van der Waals surface area (Å²) in [6.07, 6.45) is 9.80. The van der Waals surface area contributed by atoms with Crippen molar-refractivity contribution in [3.05, 3.63) is 65.5 Å². The van der Waals surface area contributed by atoms with Crippen LogP contribution in [0.5, 0.6) is 0 Å². The van der Waals surface area contributed by atoms with Gasteiger partial charge in [0.2, 0.25) is 0 Å². The monoisotopic (exact) mass is 305 g/mol. The summed E-state index contributed by atoms with van der Waals surface area (Å²) in [5.41, 5.74) is 5.51. The second-order valence-electron chi connectivity index (χ2n) is 5.44. The largest absolute Gasteiger partial charge is 0.472 e. The van der Waals surface area contributed by atoms with E-state index in [1.54, 1.807) is 18.7 Å². The lowest BCUT2D eigenvalue weighted by Crippen LogP contribution is -2.31. The van der Waals surface area contributed by atoms with Gasteiger partial charge in [-0.25, -0.2) is 0 Å². The Kier molecular flexibility index (Phi) is 3.31. The number of rotatable bonds is 3. The first kappa shape index (κ1) is 13.6. The molecule has 0 atom stereocenters. The molecule has 3 aromatic rings. The highest BCUT2D eigenvalue weighted by Gasteiger charge is 2.19. The van der Waals surface area contributed by atoms with E-state index in [0.29, 0.717) is 6.54 Å². The molecule has 4 rings (SSSR count). The van der Waals surface area contributed by atoms with Crippen molar-refractivity contribution in [3.63, 3.8) is 0 Å². The minimum atomic E-state index is -0.0112. The van der Waals surface area contributed by atoms with Crippen molar-refractivity contribution in [2.75, 3.05) is 6.54 Å².